The summed E-state index contributed by atoms with van der Waals surface area (Å²) in [6, 6.07) is 0. The van der Waals surface area contributed by atoms with E-state index in [1.54, 1.807) is 0 Å². The Morgan fingerprint density at radius 2 is 2.45 bits per heavy atom. The zero-order valence-corrected chi connectivity index (χ0v) is 6.42. The largest absolute Gasteiger partial charge is 0.234 e. The van der Waals surface area contributed by atoms with Crippen LogP contribution in [-0.2, 0) is 4.79 Å². The van der Waals surface area contributed by atoms with Gasteiger partial charge >= 0.3 is 0 Å². The van der Waals surface area contributed by atoms with Crippen LogP contribution in [0.15, 0.2) is 28.8 Å². The van der Waals surface area contributed by atoms with Crippen molar-refractivity contribution in [1.82, 2.24) is 0 Å². The van der Waals surface area contributed by atoms with Gasteiger partial charge in [-0.1, -0.05) is 23.8 Å². The molecule has 0 atom stereocenters. The number of carbonyl (C=O) groups excluding carboxylic acids is 1. The molecule has 0 amide bonds. The van der Waals surface area contributed by atoms with Crippen LogP contribution in [0, 0.1) is 0 Å². The molecule has 58 valence electrons. The Balaban J connectivity index is 2.30. The number of aliphatic imine (C=N–C) groups is 1. The van der Waals surface area contributed by atoms with Crippen molar-refractivity contribution in [3.63, 3.8) is 0 Å². The first-order valence-electron chi connectivity index (χ1n) is 3.82. The maximum absolute atomic E-state index is 9.72. The zero-order chi connectivity index (χ0) is 7.94. The van der Waals surface area contributed by atoms with Crippen molar-refractivity contribution >= 4 is 6.08 Å². The van der Waals surface area contributed by atoms with Crippen LogP contribution in [0.25, 0.3) is 0 Å². The van der Waals surface area contributed by atoms with E-state index in [4.69, 9.17) is 0 Å². The van der Waals surface area contributed by atoms with E-state index in [-0.39, 0.29) is 0 Å². The van der Waals surface area contributed by atoms with Crippen LogP contribution in [0.3, 0.4) is 0 Å². The van der Waals surface area contributed by atoms with Gasteiger partial charge in [0, 0.05) is 0 Å². The topological polar surface area (TPSA) is 29.4 Å². The molecule has 1 aliphatic rings. The Morgan fingerprint density at radius 3 is 3.09 bits per heavy atom. The van der Waals surface area contributed by atoms with E-state index in [0.29, 0.717) is 6.54 Å². The second-order valence-electron chi connectivity index (χ2n) is 2.48. The molecule has 0 unspecified atom stereocenters. The van der Waals surface area contributed by atoms with Gasteiger partial charge in [-0.15, -0.1) is 0 Å². The molecule has 0 radical (unpaired) electrons. The van der Waals surface area contributed by atoms with Crippen molar-refractivity contribution in [1.29, 1.82) is 0 Å². The zero-order valence-electron chi connectivity index (χ0n) is 6.42. The van der Waals surface area contributed by atoms with Crippen molar-refractivity contribution in [3.8, 4) is 0 Å². The maximum Gasteiger partial charge on any atom is 0.234 e. The summed E-state index contributed by atoms with van der Waals surface area (Å²) < 4.78 is 0. The number of hydrogen-bond acceptors (Lipinski definition) is 2. The van der Waals surface area contributed by atoms with Gasteiger partial charge in [0.15, 0.2) is 0 Å². The third-order valence-corrected chi connectivity index (χ3v) is 1.65. The lowest BCUT2D eigenvalue weighted by Crippen LogP contribution is -1.87. The van der Waals surface area contributed by atoms with E-state index in [1.165, 1.54) is 11.7 Å². The molecule has 0 saturated carbocycles. The fourth-order valence-corrected chi connectivity index (χ4v) is 1.08. The molecule has 0 aromatic carbocycles. The van der Waals surface area contributed by atoms with E-state index in [2.05, 4.69) is 23.2 Å². The smallest absolute Gasteiger partial charge is 0.211 e. The average molecular weight is 149 g/mol. The Bertz CT molecular complexity index is 222. The van der Waals surface area contributed by atoms with Gasteiger partial charge in [0.25, 0.3) is 0 Å². The molecule has 0 N–H and O–H groups in total. The van der Waals surface area contributed by atoms with Gasteiger partial charge in [0.2, 0.25) is 6.08 Å². The minimum atomic E-state index is 0.569. The van der Waals surface area contributed by atoms with Crippen LogP contribution in [0.2, 0.25) is 0 Å². The summed E-state index contributed by atoms with van der Waals surface area (Å²) in [5, 5.41) is 0. The van der Waals surface area contributed by atoms with Crippen LogP contribution in [0.5, 0.6) is 0 Å². The summed E-state index contributed by atoms with van der Waals surface area (Å²) in [4.78, 5) is 13.2. The highest BCUT2D eigenvalue weighted by atomic mass is 16.1. The van der Waals surface area contributed by atoms with E-state index in [0.717, 1.165) is 19.3 Å². The fourth-order valence-electron chi connectivity index (χ4n) is 1.08. The number of isocyanates is 1. The summed E-state index contributed by atoms with van der Waals surface area (Å²) in [5.41, 5.74) is 1.29. The highest BCUT2D eigenvalue weighted by Gasteiger charge is 1.95. The van der Waals surface area contributed by atoms with Crippen molar-refractivity contribution in [2.45, 2.75) is 19.3 Å². The van der Waals surface area contributed by atoms with E-state index in [1.807, 2.05) is 0 Å². The van der Waals surface area contributed by atoms with Gasteiger partial charge in [-0.25, -0.2) is 9.79 Å². The second-order valence-corrected chi connectivity index (χ2v) is 2.48. The first-order valence-corrected chi connectivity index (χ1v) is 3.82. The van der Waals surface area contributed by atoms with Gasteiger partial charge in [-0.2, -0.15) is 0 Å². The molecule has 0 fully saturated rings. The summed E-state index contributed by atoms with van der Waals surface area (Å²) in [6.45, 7) is 0.569. The lowest BCUT2D eigenvalue weighted by atomic mass is 10.0. The van der Waals surface area contributed by atoms with E-state index in [9.17, 15) is 4.79 Å². The lowest BCUT2D eigenvalue weighted by Gasteiger charge is -2.03. The van der Waals surface area contributed by atoms with Crippen molar-refractivity contribution in [3.05, 3.63) is 23.8 Å². The van der Waals surface area contributed by atoms with E-state index < -0.39 is 0 Å². The van der Waals surface area contributed by atoms with Gasteiger partial charge in [-0.05, 0) is 19.3 Å². The maximum atomic E-state index is 9.72. The predicted octanol–water partition coefficient (Wildman–Crippen LogP) is 1.99. The molecule has 0 heterocycles. The molecule has 11 heavy (non-hydrogen) atoms. The Hall–Kier alpha value is -1.14. The van der Waals surface area contributed by atoms with Gasteiger partial charge in [0.1, 0.15) is 0 Å². The standard InChI is InChI=1S/C9H11NO/c11-8-10-7-6-9-4-2-1-3-5-9/h2,4-5H,1,3,6-7H2. The Kier molecular flexibility index (Phi) is 3.36. The molecule has 0 aromatic rings. The SMILES string of the molecule is O=C=NCCC1=CCCC=C1. The van der Waals surface area contributed by atoms with Gasteiger partial charge < -0.3 is 0 Å². The first-order chi connectivity index (χ1) is 5.43. The van der Waals surface area contributed by atoms with Crippen LogP contribution < -0.4 is 0 Å². The number of allylic oxidation sites excluding steroid dienone is 3. The molecule has 0 aromatic heterocycles. The molecule has 1 rings (SSSR count). The van der Waals surface area contributed by atoms with Crippen molar-refractivity contribution < 1.29 is 4.79 Å². The Labute approximate surface area is 66.3 Å². The summed E-state index contributed by atoms with van der Waals surface area (Å²) in [7, 11) is 0. The average Bonchev–Trinajstić information content (AvgIpc) is 2.07. The van der Waals surface area contributed by atoms with Crippen LogP contribution in [-0.4, -0.2) is 12.6 Å². The minimum Gasteiger partial charge on any atom is -0.211 e. The van der Waals surface area contributed by atoms with Gasteiger partial charge in [-0.3, -0.25) is 0 Å². The second kappa shape index (κ2) is 4.64. The Morgan fingerprint density at radius 1 is 1.55 bits per heavy atom. The third kappa shape index (κ3) is 2.96. The summed E-state index contributed by atoms with van der Waals surface area (Å²) in [6.07, 6.45) is 11.1. The molecule has 2 nitrogen and oxygen atoms in total. The number of hydrogen-bond donors (Lipinski definition) is 0. The minimum absolute atomic E-state index is 0.569. The molecule has 0 bridgehead atoms. The van der Waals surface area contributed by atoms with Gasteiger partial charge in [0.05, 0.1) is 6.54 Å². The van der Waals surface area contributed by atoms with Crippen LogP contribution in [0.1, 0.15) is 19.3 Å². The summed E-state index contributed by atoms with van der Waals surface area (Å²) >= 11 is 0. The van der Waals surface area contributed by atoms with E-state index >= 15 is 0 Å². The molecule has 1 aliphatic carbocycles. The molecular weight excluding hydrogens is 138 g/mol. The molecule has 0 aliphatic heterocycles. The molecule has 2 heteroatoms. The van der Waals surface area contributed by atoms with Crippen LogP contribution in [0.4, 0.5) is 0 Å². The molecule has 0 spiro atoms. The number of nitrogens with zero attached hydrogens (tertiary/aromatic N) is 1. The van der Waals surface area contributed by atoms with Crippen molar-refractivity contribution in [2.24, 2.45) is 4.99 Å². The van der Waals surface area contributed by atoms with Crippen LogP contribution >= 0.6 is 0 Å². The normalized spacial score (nSPS) is 15.5. The third-order valence-electron chi connectivity index (χ3n) is 1.65. The molecular formula is C9H11NO. The quantitative estimate of drug-likeness (QED) is 0.445. The predicted molar refractivity (Wildman–Crippen MR) is 44.1 cm³/mol. The highest BCUT2D eigenvalue weighted by molar-refractivity contribution is 5.33. The van der Waals surface area contributed by atoms with Crippen molar-refractivity contribution in [2.75, 3.05) is 6.54 Å². The first kappa shape index (κ1) is 7.96. The fraction of sp³-hybridized carbons (Fsp3) is 0.444. The number of rotatable bonds is 3. The molecule has 0 saturated heterocycles. The highest BCUT2D eigenvalue weighted by Crippen LogP contribution is 2.12. The monoisotopic (exact) mass is 149 g/mol. The lowest BCUT2D eigenvalue weighted by molar-refractivity contribution is 0.563. The summed E-state index contributed by atoms with van der Waals surface area (Å²) in [5.74, 6) is 0.